The molecule has 5 nitrogen and oxygen atoms in total. The highest BCUT2D eigenvalue weighted by Gasteiger charge is 2.27. The number of amides is 1. The summed E-state index contributed by atoms with van der Waals surface area (Å²) < 4.78 is 28.5. The second kappa shape index (κ2) is 10.0. The molecule has 1 N–H and O–H groups in total. The normalized spacial score (nSPS) is 12.5. The quantitative estimate of drug-likeness (QED) is 0.508. The van der Waals surface area contributed by atoms with E-state index in [1.54, 1.807) is 12.1 Å². The van der Waals surface area contributed by atoms with E-state index in [1.807, 2.05) is 67.6 Å². The molecule has 0 aliphatic carbocycles. The average molecular weight is 487 g/mol. The van der Waals surface area contributed by atoms with Crippen LogP contribution in [0.2, 0.25) is 0 Å². The SMILES string of the molecule is C[C@H](NC(=O)CN(Cc1ccccc1)S(=O)(=O)c1ccc(Br)cc1)c1ccccc1. The van der Waals surface area contributed by atoms with Crippen LogP contribution in [0.25, 0.3) is 0 Å². The van der Waals surface area contributed by atoms with Crippen LogP contribution in [0, 0.1) is 0 Å². The fraction of sp³-hybridized carbons (Fsp3) is 0.174. The van der Waals surface area contributed by atoms with Crippen LogP contribution >= 0.6 is 15.9 Å². The Balaban J connectivity index is 1.82. The van der Waals surface area contributed by atoms with Gasteiger partial charge in [-0.3, -0.25) is 4.79 Å². The van der Waals surface area contributed by atoms with Gasteiger partial charge in [0.05, 0.1) is 17.5 Å². The standard InChI is InChI=1S/C23H23BrN2O3S/c1-18(20-10-6-3-7-11-20)25-23(27)17-26(16-19-8-4-2-5-9-19)30(28,29)22-14-12-21(24)13-15-22/h2-15,18H,16-17H2,1H3,(H,25,27)/t18-/m0/s1. The predicted octanol–water partition coefficient (Wildman–Crippen LogP) is 4.52. The van der Waals surface area contributed by atoms with E-state index in [0.717, 1.165) is 15.6 Å². The third-order valence-corrected chi connectivity index (χ3v) is 6.98. The van der Waals surface area contributed by atoms with Crippen molar-refractivity contribution >= 4 is 31.9 Å². The van der Waals surface area contributed by atoms with Gasteiger partial charge in [0.15, 0.2) is 0 Å². The number of hydrogen-bond acceptors (Lipinski definition) is 3. The molecule has 0 bridgehead atoms. The Morgan fingerprint density at radius 3 is 2.10 bits per heavy atom. The second-order valence-corrected chi connectivity index (χ2v) is 9.77. The molecule has 0 fully saturated rings. The molecular formula is C23H23BrN2O3S. The minimum Gasteiger partial charge on any atom is -0.348 e. The Morgan fingerprint density at radius 1 is 0.933 bits per heavy atom. The lowest BCUT2D eigenvalue weighted by Crippen LogP contribution is -2.41. The van der Waals surface area contributed by atoms with Gasteiger partial charge in [-0.2, -0.15) is 4.31 Å². The lowest BCUT2D eigenvalue weighted by Gasteiger charge is -2.23. The molecule has 0 spiro atoms. The number of sulfonamides is 1. The van der Waals surface area contributed by atoms with Gasteiger partial charge in [0.2, 0.25) is 15.9 Å². The third kappa shape index (κ3) is 5.78. The molecule has 0 saturated heterocycles. The fourth-order valence-corrected chi connectivity index (χ4v) is 4.69. The number of carbonyl (C=O) groups is 1. The first-order valence-electron chi connectivity index (χ1n) is 9.50. The van der Waals surface area contributed by atoms with Crippen molar-refractivity contribution in [3.05, 3.63) is 101 Å². The first-order chi connectivity index (χ1) is 14.4. The molecule has 156 valence electrons. The lowest BCUT2D eigenvalue weighted by atomic mass is 10.1. The smallest absolute Gasteiger partial charge is 0.243 e. The van der Waals surface area contributed by atoms with Crippen LogP contribution in [-0.4, -0.2) is 25.2 Å². The summed E-state index contributed by atoms with van der Waals surface area (Å²) in [5.74, 6) is -0.358. The highest BCUT2D eigenvalue weighted by molar-refractivity contribution is 9.10. The number of nitrogens with zero attached hydrogens (tertiary/aromatic N) is 1. The average Bonchev–Trinajstić information content (AvgIpc) is 2.75. The zero-order valence-electron chi connectivity index (χ0n) is 16.5. The molecule has 1 amide bonds. The van der Waals surface area contributed by atoms with Crippen LogP contribution in [0.1, 0.15) is 24.1 Å². The zero-order valence-corrected chi connectivity index (χ0v) is 18.9. The molecule has 0 saturated carbocycles. The van der Waals surface area contributed by atoms with Gasteiger partial charge in [-0.05, 0) is 42.3 Å². The molecule has 1 atom stereocenters. The molecular weight excluding hydrogens is 464 g/mol. The van der Waals surface area contributed by atoms with E-state index in [-0.39, 0.29) is 29.9 Å². The van der Waals surface area contributed by atoms with E-state index in [9.17, 15) is 13.2 Å². The van der Waals surface area contributed by atoms with Crippen LogP contribution in [-0.2, 0) is 21.4 Å². The summed E-state index contributed by atoms with van der Waals surface area (Å²) in [6.45, 7) is 1.70. The van der Waals surface area contributed by atoms with Crippen LogP contribution in [0.4, 0.5) is 0 Å². The Kier molecular flexibility index (Phi) is 7.42. The van der Waals surface area contributed by atoms with Gasteiger partial charge in [0, 0.05) is 11.0 Å². The number of hydrogen-bond donors (Lipinski definition) is 1. The maximum atomic E-state index is 13.3. The summed E-state index contributed by atoms with van der Waals surface area (Å²) in [5, 5.41) is 2.89. The Hall–Kier alpha value is -2.48. The minimum absolute atomic E-state index is 0.104. The van der Waals surface area contributed by atoms with E-state index in [2.05, 4.69) is 21.2 Å². The lowest BCUT2D eigenvalue weighted by molar-refractivity contribution is -0.122. The topological polar surface area (TPSA) is 66.5 Å². The van der Waals surface area contributed by atoms with E-state index in [0.29, 0.717) is 0 Å². The van der Waals surface area contributed by atoms with Gasteiger partial charge in [-0.25, -0.2) is 8.42 Å². The van der Waals surface area contributed by atoms with E-state index >= 15 is 0 Å². The van der Waals surface area contributed by atoms with Gasteiger partial charge >= 0.3 is 0 Å². The highest BCUT2D eigenvalue weighted by atomic mass is 79.9. The fourth-order valence-electron chi connectivity index (χ4n) is 3.04. The number of carbonyl (C=O) groups excluding carboxylic acids is 1. The molecule has 30 heavy (non-hydrogen) atoms. The van der Waals surface area contributed by atoms with Gasteiger partial charge < -0.3 is 5.32 Å². The van der Waals surface area contributed by atoms with Crippen LogP contribution in [0.3, 0.4) is 0 Å². The number of nitrogens with one attached hydrogen (secondary N) is 1. The van der Waals surface area contributed by atoms with Crippen molar-refractivity contribution < 1.29 is 13.2 Å². The molecule has 0 aromatic heterocycles. The summed E-state index contributed by atoms with van der Waals surface area (Å²) in [7, 11) is -3.86. The predicted molar refractivity (Wildman–Crippen MR) is 121 cm³/mol. The first-order valence-corrected chi connectivity index (χ1v) is 11.7. The van der Waals surface area contributed by atoms with Crippen molar-refractivity contribution in [3.63, 3.8) is 0 Å². The summed E-state index contributed by atoms with van der Waals surface area (Å²) in [4.78, 5) is 12.9. The number of rotatable bonds is 8. The Morgan fingerprint density at radius 2 is 1.50 bits per heavy atom. The molecule has 7 heteroatoms. The zero-order chi connectivity index (χ0) is 21.6. The molecule has 3 aromatic carbocycles. The van der Waals surface area contributed by atoms with Gasteiger partial charge in [-0.1, -0.05) is 76.6 Å². The molecule has 3 aromatic rings. The number of benzene rings is 3. The van der Waals surface area contributed by atoms with Crippen molar-refractivity contribution in [1.82, 2.24) is 9.62 Å². The van der Waals surface area contributed by atoms with Crippen molar-refractivity contribution in [1.29, 1.82) is 0 Å². The molecule has 0 heterocycles. The van der Waals surface area contributed by atoms with Crippen molar-refractivity contribution in [3.8, 4) is 0 Å². The second-order valence-electron chi connectivity index (χ2n) is 6.91. The molecule has 0 aliphatic heterocycles. The molecule has 0 radical (unpaired) electrons. The minimum atomic E-state index is -3.86. The van der Waals surface area contributed by atoms with Gasteiger partial charge in [0.1, 0.15) is 0 Å². The maximum absolute atomic E-state index is 13.3. The van der Waals surface area contributed by atoms with E-state index in [1.165, 1.54) is 16.4 Å². The van der Waals surface area contributed by atoms with E-state index < -0.39 is 10.0 Å². The Labute approximate surface area is 185 Å². The summed E-state index contributed by atoms with van der Waals surface area (Å²) in [6.07, 6.45) is 0. The maximum Gasteiger partial charge on any atom is 0.243 e. The van der Waals surface area contributed by atoms with Crippen molar-refractivity contribution in [2.75, 3.05) is 6.54 Å². The number of halogens is 1. The van der Waals surface area contributed by atoms with Crippen molar-refractivity contribution in [2.45, 2.75) is 24.4 Å². The summed E-state index contributed by atoms with van der Waals surface area (Å²) >= 11 is 3.32. The first kappa shape index (κ1) is 22.2. The monoisotopic (exact) mass is 486 g/mol. The van der Waals surface area contributed by atoms with E-state index in [4.69, 9.17) is 0 Å². The van der Waals surface area contributed by atoms with Crippen molar-refractivity contribution in [2.24, 2.45) is 0 Å². The molecule has 0 unspecified atom stereocenters. The van der Waals surface area contributed by atoms with Crippen LogP contribution in [0.15, 0.2) is 94.3 Å². The largest absolute Gasteiger partial charge is 0.348 e. The van der Waals surface area contributed by atoms with Gasteiger partial charge in [-0.15, -0.1) is 0 Å². The van der Waals surface area contributed by atoms with Gasteiger partial charge in [0.25, 0.3) is 0 Å². The van der Waals surface area contributed by atoms with Crippen LogP contribution in [0.5, 0.6) is 0 Å². The highest BCUT2D eigenvalue weighted by Crippen LogP contribution is 2.21. The molecule has 3 rings (SSSR count). The Bertz CT molecular complexity index is 1070. The summed E-state index contributed by atoms with van der Waals surface area (Å²) in [6, 6.07) is 25.0. The summed E-state index contributed by atoms with van der Waals surface area (Å²) in [5.41, 5.74) is 1.76. The molecule has 0 aliphatic rings. The van der Waals surface area contributed by atoms with Crippen LogP contribution < -0.4 is 5.32 Å². The third-order valence-electron chi connectivity index (χ3n) is 4.65.